The lowest BCUT2D eigenvalue weighted by Gasteiger charge is -2.35. The second-order valence-electron chi connectivity index (χ2n) is 7.87. The Morgan fingerprint density at radius 2 is 1.83 bits per heavy atom. The van der Waals surface area contributed by atoms with Crippen LogP contribution in [-0.4, -0.2) is 0 Å². The molecule has 2 unspecified atom stereocenters. The standard InChI is InChI=1S/C27H26N2S/c1-2-21-13-15-23(16-14-21)29-24(25-12-9-19-30-25)20-26(28-29)27(17-7-4-8-18-27)22-10-5-3-6-11-22/h3-17,19-20,24,28H,2,18H2,1H3. The van der Waals surface area contributed by atoms with E-state index in [1.165, 1.54) is 27.4 Å². The lowest BCUT2D eigenvalue weighted by Crippen LogP contribution is -2.40. The van der Waals surface area contributed by atoms with Crippen molar-refractivity contribution in [3.05, 3.63) is 124 Å². The van der Waals surface area contributed by atoms with Gasteiger partial charge in [-0.15, -0.1) is 11.3 Å². The van der Waals surface area contributed by atoms with Crippen LogP contribution in [0, 0.1) is 0 Å². The maximum atomic E-state index is 3.81. The van der Waals surface area contributed by atoms with Crippen molar-refractivity contribution in [2.24, 2.45) is 0 Å². The molecular formula is C27H26N2S. The number of hydrogen-bond acceptors (Lipinski definition) is 3. The van der Waals surface area contributed by atoms with Crippen molar-refractivity contribution in [1.82, 2.24) is 5.43 Å². The SMILES string of the molecule is CCc1ccc(N2NC(C3(c4ccccc4)C=CC=CC3)=CC2c2cccs2)cc1. The molecule has 0 radical (unpaired) electrons. The Balaban J connectivity index is 1.58. The zero-order chi connectivity index (χ0) is 20.4. The summed E-state index contributed by atoms with van der Waals surface area (Å²) in [5.74, 6) is 0. The number of thiophene rings is 1. The second-order valence-corrected chi connectivity index (χ2v) is 8.85. The van der Waals surface area contributed by atoms with E-state index in [1.807, 2.05) is 11.3 Å². The summed E-state index contributed by atoms with van der Waals surface area (Å²) >= 11 is 1.81. The van der Waals surface area contributed by atoms with Crippen LogP contribution < -0.4 is 10.4 Å². The van der Waals surface area contributed by atoms with Crippen molar-refractivity contribution in [3.8, 4) is 0 Å². The molecule has 0 fully saturated rings. The topological polar surface area (TPSA) is 15.3 Å². The zero-order valence-electron chi connectivity index (χ0n) is 17.2. The number of nitrogens with one attached hydrogen (secondary N) is 1. The zero-order valence-corrected chi connectivity index (χ0v) is 18.0. The van der Waals surface area contributed by atoms with Gasteiger partial charge in [-0.2, -0.15) is 0 Å². The van der Waals surface area contributed by atoms with Crippen LogP contribution in [0.1, 0.15) is 35.4 Å². The number of hydrazine groups is 1. The third-order valence-corrected chi connectivity index (χ3v) is 7.08. The molecule has 0 amide bonds. The fourth-order valence-corrected chi connectivity index (χ4v) is 5.21. The molecule has 2 heterocycles. The smallest absolute Gasteiger partial charge is 0.105 e. The van der Waals surface area contributed by atoms with Crippen molar-refractivity contribution < 1.29 is 0 Å². The van der Waals surface area contributed by atoms with E-state index in [0.29, 0.717) is 0 Å². The first-order chi connectivity index (χ1) is 14.8. The van der Waals surface area contributed by atoms with E-state index < -0.39 is 0 Å². The normalized spacial score (nSPS) is 22.8. The van der Waals surface area contributed by atoms with Gasteiger partial charge in [0.1, 0.15) is 6.04 Å². The Kier molecular flexibility index (Phi) is 5.06. The van der Waals surface area contributed by atoms with Gasteiger partial charge in [0.05, 0.1) is 11.1 Å². The molecule has 0 saturated heterocycles. The van der Waals surface area contributed by atoms with Crippen LogP contribution >= 0.6 is 11.3 Å². The molecule has 3 heteroatoms. The van der Waals surface area contributed by atoms with Gasteiger partial charge in [-0.25, -0.2) is 0 Å². The first-order valence-corrected chi connectivity index (χ1v) is 11.5. The Labute approximate surface area is 182 Å². The minimum absolute atomic E-state index is 0.173. The van der Waals surface area contributed by atoms with Crippen LogP contribution in [0.4, 0.5) is 5.69 Å². The predicted molar refractivity (Wildman–Crippen MR) is 128 cm³/mol. The number of hydrogen-bond donors (Lipinski definition) is 1. The molecule has 1 N–H and O–H groups in total. The maximum Gasteiger partial charge on any atom is 0.105 e. The average molecular weight is 411 g/mol. The quantitative estimate of drug-likeness (QED) is 0.502. The van der Waals surface area contributed by atoms with Crippen molar-refractivity contribution in [1.29, 1.82) is 0 Å². The number of benzene rings is 2. The molecule has 0 bridgehead atoms. The van der Waals surface area contributed by atoms with Gasteiger partial charge in [0.15, 0.2) is 0 Å². The highest BCUT2D eigenvalue weighted by Crippen LogP contribution is 2.44. The van der Waals surface area contributed by atoms with Gasteiger partial charge < -0.3 is 5.43 Å². The van der Waals surface area contributed by atoms with Crippen molar-refractivity contribution >= 4 is 17.0 Å². The maximum absolute atomic E-state index is 3.81. The summed E-state index contributed by atoms with van der Waals surface area (Å²) in [6.45, 7) is 2.20. The third-order valence-electron chi connectivity index (χ3n) is 6.14. The summed E-state index contributed by atoms with van der Waals surface area (Å²) in [7, 11) is 0. The van der Waals surface area contributed by atoms with Gasteiger partial charge in [0, 0.05) is 10.6 Å². The Bertz CT molecular complexity index is 1080. The molecule has 1 aliphatic heterocycles. The van der Waals surface area contributed by atoms with E-state index in [4.69, 9.17) is 0 Å². The summed E-state index contributed by atoms with van der Waals surface area (Å²) in [6.07, 6.45) is 13.4. The molecule has 2 aromatic carbocycles. The molecule has 0 saturated carbocycles. The second kappa shape index (κ2) is 8.00. The average Bonchev–Trinajstić information content (AvgIpc) is 3.50. The van der Waals surface area contributed by atoms with E-state index in [1.54, 1.807) is 0 Å². The molecule has 1 aliphatic carbocycles. The highest BCUT2D eigenvalue weighted by molar-refractivity contribution is 7.10. The molecule has 0 spiro atoms. The van der Waals surface area contributed by atoms with E-state index in [0.717, 1.165) is 12.8 Å². The summed E-state index contributed by atoms with van der Waals surface area (Å²) < 4.78 is 0. The third kappa shape index (κ3) is 3.29. The van der Waals surface area contributed by atoms with Crippen molar-refractivity contribution in [2.45, 2.75) is 31.2 Å². The lowest BCUT2D eigenvalue weighted by atomic mass is 9.73. The van der Waals surface area contributed by atoms with E-state index >= 15 is 0 Å². The Morgan fingerprint density at radius 1 is 1.00 bits per heavy atom. The molecule has 30 heavy (non-hydrogen) atoms. The van der Waals surface area contributed by atoms with Crippen molar-refractivity contribution in [2.75, 3.05) is 5.01 Å². The van der Waals surface area contributed by atoms with Gasteiger partial charge in [0.25, 0.3) is 0 Å². The molecule has 3 aromatic rings. The van der Waals surface area contributed by atoms with Crippen molar-refractivity contribution in [3.63, 3.8) is 0 Å². The first kappa shape index (κ1) is 19.0. The van der Waals surface area contributed by atoms with Crippen LogP contribution in [-0.2, 0) is 11.8 Å². The number of aryl methyl sites for hydroxylation is 1. The molecule has 5 rings (SSSR count). The number of anilines is 1. The van der Waals surface area contributed by atoms with Crippen LogP contribution in [0.3, 0.4) is 0 Å². The van der Waals surface area contributed by atoms with E-state index in [9.17, 15) is 0 Å². The number of allylic oxidation sites excluding steroid dienone is 4. The van der Waals surface area contributed by atoms with Gasteiger partial charge in [-0.3, -0.25) is 5.01 Å². The summed E-state index contributed by atoms with van der Waals surface area (Å²) in [5.41, 5.74) is 8.74. The highest BCUT2D eigenvalue weighted by atomic mass is 32.1. The minimum atomic E-state index is -0.177. The summed E-state index contributed by atoms with van der Waals surface area (Å²) in [6, 6.07) is 24.3. The fourth-order valence-electron chi connectivity index (χ4n) is 4.43. The summed E-state index contributed by atoms with van der Waals surface area (Å²) in [5, 5.41) is 4.48. The van der Waals surface area contributed by atoms with Crippen LogP contribution in [0.5, 0.6) is 0 Å². The van der Waals surface area contributed by atoms with Crippen LogP contribution in [0.15, 0.2) is 108 Å². The number of nitrogens with zero attached hydrogens (tertiary/aromatic N) is 1. The van der Waals surface area contributed by atoms with E-state index in [-0.39, 0.29) is 11.5 Å². The molecule has 1 aromatic heterocycles. The number of rotatable bonds is 5. The molecule has 150 valence electrons. The highest BCUT2D eigenvalue weighted by Gasteiger charge is 2.40. The largest absolute Gasteiger partial charge is 0.301 e. The molecule has 2 aliphatic rings. The van der Waals surface area contributed by atoms with Crippen LogP contribution in [0.25, 0.3) is 0 Å². The lowest BCUT2D eigenvalue weighted by molar-refractivity contribution is 0.571. The predicted octanol–water partition coefficient (Wildman–Crippen LogP) is 6.71. The monoisotopic (exact) mass is 410 g/mol. The molecule has 2 nitrogen and oxygen atoms in total. The first-order valence-electron chi connectivity index (χ1n) is 10.6. The molecular weight excluding hydrogens is 384 g/mol. The summed E-state index contributed by atoms with van der Waals surface area (Å²) in [4.78, 5) is 1.34. The fraction of sp³-hybridized carbons (Fsp3) is 0.185. The van der Waals surface area contributed by atoms with Gasteiger partial charge in [-0.1, -0.05) is 79.8 Å². The van der Waals surface area contributed by atoms with Gasteiger partial charge in [-0.05, 0) is 53.6 Å². The van der Waals surface area contributed by atoms with Gasteiger partial charge in [0.2, 0.25) is 0 Å². The Morgan fingerprint density at radius 3 is 2.50 bits per heavy atom. The van der Waals surface area contributed by atoms with Gasteiger partial charge >= 0.3 is 0 Å². The van der Waals surface area contributed by atoms with Crippen LogP contribution in [0.2, 0.25) is 0 Å². The minimum Gasteiger partial charge on any atom is -0.301 e. The van der Waals surface area contributed by atoms with E-state index in [2.05, 4.69) is 120 Å². The molecule has 2 atom stereocenters. The Hall–Kier alpha value is -3.04.